The third kappa shape index (κ3) is 6.04. The Morgan fingerprint density at radius 2 is 1.86 bits per heavy atom. The van der Waals surface area contributed by atoms with E-state index in [2.05, 4.69) is 34.1 Å². The van der Waals surface area contributed by atoms with Crippen molar-refractivity contribution in [3.8, 4) is 0 Å². The molecule has 0 aliphatic carbocycles. The molecule has 0 unspecified atom stereocenters. The van der Waals surface area contributed by atoms with Crippen LogP contribution in [0.3, 0.4) is 0 Å². The summed E-state index contributed by atoms with van der Waals surface area (Å²) in [6, 6.07) is 16.1. The second-order valence-electron chi connectivity index (χ2n) is 6.71. The second kappa shape index (κ2) is 10.4. The van der Waals surface area contributed by atoms with Crippen LogP contribution in [0, 0.1) is 0 Å². The van der Waals surface area contributed by atoms with Crippen molar-refractivity contribution in [1.82, 2.24) is 20.3 Å². The van der Waals surface area contributed by atoms with E-state index in [4.69, 9.17) is 5.21 Å². The van der Waals surface area contributed by atoms with E-state index >= 15 is 0 Å². The van der Waals surface area contributed by atoms with Gasteiger partial charge in [0.25, 0.3) is 0 Å². The van der Waals surface area contributed by atoms with Crippen molar-refractivity contribution in [2.24, 2.45) is 0 Å². The first-order valence-electron chi connectivity index (χ1n) is 9.48. The van der Waals surface area contributed by atoms with Crippen LogP contribution < -0.4 is 5.48 Å². The summed E-state index contributed by atoms with van der Waals surface area (Å²) in [5, 5.41) is 8.54. The van der Waals surface area contributed by atoms with E-state index in [1.807, 2.05) is 34.6 Å². The van der Waals surface area contributed by atoms with Crippen LogP contribution >= 0.6 is 0 Å². The quantitative estimate of drug-likeness (QED) is 0.572. The van der Waals surface area contributed by atoms with Crippen LogP contribution in [0.5, 0.6) is 0 Å². The summed E-state index contributed by atoms with van der Waals surface area (Å²) >= 11 is 0. The van der Waals surface area contributed by atoms with Gasteiger partial charge in [-0.25, -0.2) is 0 Å². The number of aromatic nitrogens is 1. The number of hydroxylamine groups is 1. The van der Waals surface area contributed by atoms with E-state index in [-0.39, 0.29) is 5.91 Å². The van der Waals surface area contributed by atoms with Crippen molar-refractivity contribution in [2.75, 3.05) is 26.2 Å². The maximum atomic E-state index is 12.5. The first kappa shape index (κ1) is 19.8. The number of benzene rings is 1. The topological polar surface area (TPSA) is 68.7 Å². The lowest BCUT2D eigenvalue weighted by Gasteiger charge is -2.34. The van der Waals surface area contributed by atoms with Crippen LogP contribution in [0.1, 0.15) is 17.0 Å². The van der Waals surface area contributed by atoms with Crippen molar-refractivity contribution in [3.05, 3.63) is 83.8 Å². The summed E-state index contributed by atoms with van der Waals surface area (Å²) in [5.74, 6) is 0.0240. The minimum atomic E-state index is 0.0240. The number of piperazine rings is 1. The fraction of sp³-hybridized carbons (Fsp3) is 0.273. The summed E-state index contributed by atoms with van der Waals surface area (Å²) in [7, 11) is 0. The van der Waals surface area contributed by atoms with Gasteiger partial charge in [-0.2, -0.15) is 0 Å². The Morgan fingerprint density at radius 3 is 2.61 bits per heavy atom. The van der Waals surface area contributed by atoms with E-state index < -0.39 is 0 Å². The maximum absolute atomic E-state index is 12.5. The van der Waals surface area contributed by atoms with E-state index in [0.29, 0.717) is 6.42 Å². The number of nitrogens with one attached hydrogen (secondary N) is 1. The number of rotatable bonds is 7. The first-order valence-corrected chi connectivity index (χ1v) is 9.48. The van der Waals surface area contributed by atoms with Gasteiger partial charge in [0, 0.05) is 57.1 Å². The highest BCUT2D eigenvalue weighted by atomic mass is 16.5. The highest BCUT2D eigenvalue weighted by molar-refractivity contribution is 5.91. The van der Waals surface area contributed by atoms with Gasteiger partial charge in [0.05, 0.1) is 5.69 Å². The van der Waals surface area contributed by atoms with Gasteiger partial charge in [0.2, 0.25) is 5.91 Å². The number of hydrogen-bond acceptors (Lipinski definition) is 5. The molecule has 3 rings (SSSR count). The van der Waals surface area contributed by atoms with Crippen LogP contribution in [-0.4, -0.2) is 52.1 Å². The average Bonchev–Trinajstić information content (AvgIpc) is 2.74. The molecule has 0 saturated carbocycles. The molecule has 0 radical (unpaired) electrons. The number of carbonyl (C=O) groups is 1. The maximum Gasteiger partial charge on any atom is 0.246 e. The van der Waals surface area contributed by atoms with Crippen LogP contribution in [0.15, 0.2) is 66.9 Å². The molecule has 0 bridgehead atoms. The van der Waals surface area contributed by atoms with E-state index in [1.165, 1.54) is 11.8 Å². The van der Waals surface area contributed by atoms with Gasteiger partial charge in [-0.15, -0.1) is 0 Å². The zero-order valence-corrected chi connectivity index (χ0v) is 15.9. The average molecular weight is 378 g/mol. The molecule has 2 N–H and O–H groups in total. The summed E-state index contributed by atoms with van der Waals surface area (Å²) < 4.78 is 0. The predicted octanol–water partition coefficient (Wildman–Crippen LogP) is 2.47. The number of hydrogen-bond donors (Lipinski definition) is 2. The molecule has 1 aromatic heterocycles. The molecular weight excluding hydrogens is 352 g/mol. The van der Waals surface area contributed by atoms with Crippen molar-refractivity contribution in [1.29, 1.82) is 0 Å². The third-order valence-electron chi connectivity index (χ3n) is 4.68. The van der Waals surface area contributed by atoms with Gasteiger partial charge in [-0.3, -0.25) is 25.4 Å². The van der Waals surface area contributed by atoms with Gasteiger partial charge in [-0.1, -0.05) is 42.5 Å². The molecule has 2 aromatic rings. The van der Waals surface area contributed by atoms with Crippen LogP contribution in [0.25, 0.3) is 6.08 Å². The molecule has 1 aromatic carbocycles. The van der Waals surface area contributed by atoms with Crippen molar-refractivity contribution in [2.45, 2.75) is 13.0 Å². The molecule has 6 heteroatoms. The Bertz CT molecular complexity index is 812. The van der Waals surface area contributed by atoms with Gasteiger partial charge in [0.15, 0.2) is 0 Å². The Morgan fingerprint density at radius 1 is 1.07 bits per heavy atom. The lowest BCUT2D eigenvalue weighted by molar-refractivity contribution is -0.127. The zero-order valence-electron chi connectivity index (χ0n) is 15.9. The summed E-state index contributed by atoms with van der Waals surface area (Å²) in [4.78, 5) is 21.2. The third-order valence-corrected chi connectivity index (χ3v) is 4.68. The lowest BCUT2D eigenvalue weighted by atomic mass is 10.2. The predicted molar refractivity (Wildman–Crippen MR) is 109 cm³/mol. The van der Waals surface area contributed by atoms with Gasteiger partial charge >= 0.3 is 0 Å². The SMILES string of the molecule is O=C(/C=C/c1cccc(C/C=C/NO)n1)N1CCN(Cc2ccccc2)CC1. The number of carbonyl (C=O) groups excluding carboxylic acids is 1. The highest BCUT2D eigenvalue weighted by Gasteiger charge is 2.19. The molecule has 1 aliphatic heterocycles. The molecule has 1 amide bonds. The number of allylic oxidation sites excluding steroid dienone is 1. The van der Waals surface area contributed by atoms with E-state index in [9.17, 15) is 4.79 Å². The van der Waals surface area contributed by atoms with Gasteiger partial charge in [0.1, 0.15) is 0 Å². The smallest absolute Gasteiger partial charge is 0.246 e. The zero-order chi connectivity index (χ0) is 19.6. The lowest BCUT2D eigenvalue weighted by Crippen LogP contribution is -2.47. The fourth-order valence-electron chi connectivity index (χ4n) is 3.17. The summed E-state index contributed by atoms with van der Waals surface area (Å²) in [6.07, 6.45) is 7.19. The monoisotopic (exact) mass is 378 g/mol. The van der Waals surface area contributed by atoms with E-state index in [0.717, 1.165) is 44.1 Å². The second-order valence-corrected chi connectivity index (χ2v) is 6.71. The van der Waals surface area contributed by atoms with Gasteiger partial charge < -0.3 is 4.90 Å². The molecule has 0 atom stereocenters. The van der Waals surface area contributed by atoms with Crippen molar-refractivity contribution >= 4 is 12.0 Å². The molecule has 0 spiro atoms. The molecule has 1 aliphatic rings. The Labute approximate surface area is 165 Å². The first-order chi connectivity index (χ1) is 13.7. The molecular formula is C22H26N4O2. The molecule has 6 nitrogen and oxygen atoms in total. The standard InChI is InChI=1S/C22H26N4O2/c27-22(12-11-21-9-4-8-20(24-21)10-5-13-23-28)26-16-14-25(15-17-26)18-19-6-2-1-3-7-19/h1-9,11-13,23,28H,10,14-18H2/b12-11+,13-5+. The van der Waals surface area contributed by atoms with E-state index in [1.54, 1.807) is 18.2 Å². The van der Waals surface area contributed by atoms with Crippen LogP contribution in [-0.2, 0) is 17.8 Å². The summed E-state index contributed by atoms with van der Waals surface area (Å²) in [6.45, 7) is 4.17. The van der Waals surface area contributed by atoms with Crippen molar-refractivity contribution in [3.63, 3.8) is 0 Å². The number of amides is 1. The number of nitrogens with zero attached hydrogens (tertiary/aromatic N) is 3. The van der Waals surface area contributed by atoms with Crippen LogP contribution in [0.2, 0.25) is 0 Å². The molecule has 28 heavy (non-hydrogen) atoms. The minimum absolute atomic E-state index is 0.0240. The Balaban J connectivity index is 1.49. The van der Waals surface area contributed by atoms with Crippen molar-refractivity contribution < 1.29 is 10.0 Å². The molecule has 2 heterocycles. The van der Waals surface area contributed by atoms with Crippen LogP contribution in [0.4, 0.5) is 0 Å². The normalized spacial score (nSPS) is 15.4. The Hall–Kier alpha value is -2.96. The molecule has 1 saturated heterocycles. The number of pyridine rings is 1. The molecule has 1 fully saturated rings. The highest BCUT2D eigenvalue weighted by Crippen LogP contribution is 2.09. The fourth-order valence-corrected chi connectivity index (χ4v) is 3.17. The molecule has 146 valence electrons. The van der Waals surface area contributed by atoms with Gasteiger partial charge in [-0.05, 0) is 23.8 Å². The minimum Gasteiger partial charge on any atom is -0.337 e. The largest absolute Gasteiger partial charge is 0.337 e. The summed E-state index contributed by atoms with van der Waals surface area (Å²) in [5.41, 5.74) is 4.89. The Kier molecular flexibility index (Phi) is 7.35.